The number of aromatic hydroxyl groups is 1. The van der Waals surface area contributed by atoms with Gasteiger partial charge in [-0.15, -0.1) is 0 Å². The summed E-state index contributed by atoms with van der Waals surface area (Å²) in [7, 11) is 3.67. The maximum atomic E-state index is 11.8. The van der Waals surface area contributed by atoms with Crippen LogP contribution in [0, 0.1) is 17.8 Å². The summed E-state index contributed by atoms with van der Waals surface area (Å²) in [5.41, 5.74) is 2.21. The molecule has 142 valence electrons. The van der Waals surface area contributed by atoms with E-state index in [-0.39, 0.29) is 23.3 Å². The molecule has 2 fully saturated rings. The van der Waals surface area contributed by atoms with Gasteiger partial charge in [0.25, 0.3) is 0 Å². The Labute approximate surface area is 155 Å². The number of methoxy groups -OCH3 is 1. The summed E-state index contributed by atoms with van der Waals surface area (Å²) in [5, 5.41) is 17.9. The molecule has 4 rings (SSSR count). The summed E-state index contributed by atoms with van der Waals surface area (Å²) in [4.78, 5) is 11.8. The number of phenols is 1. The van der Waals surface area contributed by atoms with Gasteiger partial charge in [-0.25, -0.2) is 0 Å². The van der Waals surface area contributed by atoms with E-state index in [1.54, 1.807) is 14.0 Å². The van der Waals surface area contributed by atoms with Crippen LogP contribution in [0.25, 0.3) is 0 Å². The monoisotopic (exact) mass is 358 g/mol. The third kappa shape index (κ3) is 2.22. The van der Waals surface area contributed by atoms with E-state index in [2.05, 4.69) is 30.7 Å². The van der Waals surface area contributed by atoms with Gasteiger partial charge in [0.2, 0.25) is 5.91 Å². The molecule has 3 aliphatic rings. The number of carbonyl (C=O) groups is 1. The minimum atomic E-state index is -0.115. The van der Waals surface area contributed by atoms with Gasteiger partial charge in [0.15, 0.2) is 11.5 Å². The summed E-state index contributed by atoms with van der Waals surface area (Å²) >= 11 is 0. The van der Waals surface area contributed by atoms with E-state index in [9.17, 15) is 9.90 Å². The summed E-state index contributed by atoms with van der Waals surface area (Å²) in [6.07, 6.45) is 4.12. The van der Waals surface area contributed by atoms with Crippen LogP contribution in [0.3, 0.4) is 0 Å². The summed E-state index contributed by atoms with van der Waals surface area (Å²) in [6, 6.07) is 4.62. The molecule has 2 bridgehead atoms. The Morgan fingerprint density at radius 1 is 1.35 bits per heavy atom. The number of benzene rings is 1. The zero-order valence-electron chi connectivity index (χ0n) is 16.1. The van der Waals surface area contributed by atoms with Gasteiger partial charge in [-0.3, -0.25) is 4.79 Å². The second-order valence-electron chi connectivity index (χ2n) is 8.45. The quantitative estimate of drug-likeness (QED) is 0.776. The molecule has 0 aromatic heterocycles. The van der Waals surface area contributed by atoms with Crippen LogP contribution in [0.15, 0.2) is 12.1 Å². The minimum Gasteiger partial charge on any atom is -0.504 e. The van der Waals surface area contributed by atoms with Gasteiger partial charge in [-0.1, -0.05) is 13.0 Å². The van der Waals surface area contributed by atoms with Crippen molar-refractivity contribution < 1.29 is 14.6 Å². The van der Waals surface area contributed by atoms with Crippen LogP contribution < -0.4 is 15.4 Å². The van der Waals surface area contributed by atoms with Gasteiger partial charge in [-0.2, -0.15) is 0 Å². The zero-order chi connectivity index (χ0) is 18.6. The number of carbonyl (C=O) groups excluding carboxylic acids is 1. The molecule has 0 radical (unpaired) electrons. The average molecular weight is 358 g/mol. The van der Waals surface area contributed by atoms with Crippen LogP contribution in [0.1, 0.15) is 44.2 Å². The molecule has 2 saturated carbocycles. The first kappa shape index (κ1) is 17.7. The lowest BCUT2D eigenvalue weighted by Gasteiger charge is -2.51. The van der Waals surface area contributed by atoms with Gasteiger partial charge < -0.3 is 20.5 Å². The van der Waals surface area contributed by atoms with E-state index in [0.29, 0.717) is 29.4 Å². The third-order valence-corrected chi connectivity index (χ3v) is 7.52. The highest BCUT2D eigenvalue weighted by Gasteiger charge is 2.63. The van der Waals surface area contributed by atoms with E-state index >= 15 is 0 Å². The predicted molar refractivity (Wildman–Crippen MR) is 100 cm³/mol. The number of fused-ring (bicyclic) bond motifs is 2. The number of ether oxygens (including phenoxy) is 1. The Kier molecular flexibility index (Phi) is 4.18. The van der Waals surface area contributed by atoms with Crippen molar-refractivity contribution in [3.63, 3.8) is 0 Å². The Balaban J connectivity index is 1.89. The van der Waals surface area contributed by atoms with E-state index in [0.717, 1.165) is 31.2 Å². The molecular weight excluding hydrogens is 328 g/mol. The van der Waals surface area contributed by atoms with Crippen molar-refractivity contribution in [2.45, 2.75) is 57.0 Å². The fourth-order valence-corrected chi connectivity index (χ4v) is 6.65. The Morgan fingerprint density at radius 3 is 2.77 bits per heavy atom. The smallest absolute Gasteiger partial charge is 0.217 e. The van der Waals surface area contributed by atoms with E-state index in [1.807, 2.05) is 6.07 Å². The Hall–Kier alpha value is -1.75. The zero-order valence-corrected chi connectivity index (χ0v) is 16.1. The lowest BCUT2D eigenvalue weighted by atomic mass is 9.55. The molecule has 1 amide bonds. The first-order valence-electron chi connectivity index (χ1n) is 9.77. The standard InChI is InChI=1S/C21H30N2O3/c1-11-16(23-12(2)24)7-6-15-19(22-3)14-9-13-5-8-17(26-4)20(25)18(13)21(11,15)10-14/h5,8,11,14-16,19,22,25H,6-7,9-10H2,1-4H3,(H,23,24)/t11-,14?,15-,16?,19?,21-/m1/s1. The van der Waals surface area contributed by atoms with Crippen molar-refractivity contribution in [2.24, 2.45) is 17.8 Å². The van der Waals surface area contributed by atoms with Crippen molar-refractivity contribution in [3.05, 3.63) is 23.3 Å². The molecule has 3 aliphatic carbocycles. The minimum absolute atomic E-state index is 0.0299. The second kappa shape index (κ2) is 6.15. The number of hydrogen-bond acceptors (Lipinski definition) is 4. The first-order chi connectivity index (χ1) is 12.4. The van der Waals surface area contributed by atoms with Crippen LogP contribution in [-0.2, 0) is 16.6 Å². The van der Waals surface area contributed by atoms with Crippen molar-refractivity contribution in [2.75, 3.05) is 14.2 Å². The number of rotatable bonds is 3. The average Bonchev–Trinajstić information content (AvgIpc) is 2.86. The largest absolute Gasteiger partial charge is 0.504 e. The molecule has 3 N–H and O–H groups in total. The van der Waals surface area contributed by atoms with Gasteiger partial charge in [0.05, 0.1) is 7.11 Å². The highest BCUT2D eigenvalue weighted by atomic mass is 16.5. The maximum absolute atomic E-state index is 11.8. The predicted octanol–water partition coefficient (Wildman–Crippen LogP) is 2.35. The van der Waals surface area contributed by atoms with Crippen LogP contribution in [0.4, 0.5) is 0 Å². The molecule has 1 aromatic carbocycles. The van der Waals surface area contributed by atoms with Gasteiger partial charge in [-0.05, 0) is 62.1 Å². The highest BCUT2D eigenvalue weighted by Crippen LogP contribution is 2.64. The molecule has 3 unspecified atom stereocenters. The van der Waals surface area contributed by atoms with E-state index in [4.69, 9.17) is 4.74 Å². The van der Waals surface area contributed by atoms with Crippen LogP contribution in [-0.4, -0.2) is 37.3 Å². The molecule has 1 aromatic rings. The van der Waals surface area contributed by atoms with Gasteiger partial charge in [0, 0.05) is 30.0 Å². The molecule has 0 saturated heterocycles. The fraction of sp³-hybridized carbons (Fsp3) is 0.667. The highest BCUT2D eigenvalue weighted by molar-refractivity contribution is 5.73. The lowest BCUT2D eigenvalue weighted by Crippen LogP contribution is -2.55. The number of hydrogen-bond donors (Lipinski definition) is 3. The van der Waals surface area contributed by atoms with E-state index < -0.39 is 0 Å². The second-order valence-corrected chi connectivity index (χ2v) is 8.45. The molecule has 0 aliphatic heterocycles. The van der Waals surface area contributed by atoms with Crippen LogP contribution in [0.2, 0.25) is 0 Å². The maximum Gasteiger partial charge on any atom is 0.217 e. The summed E-state index contributed by atoms with van der Waals surface area (Å²) in [5.74, 6) is 2.20. The van der Waals surface area contributed by atoms with Crippen molar-refractivity contribution in [1.29, 1.82) is 0 Å². The number of phenolic OH excluding ortho intramolecular Hbond substituents is 1. The third-order valence-electron chi connectivity index (χ3n) is 7.52. The van der Waals surface area contributed by atoms with Gasteiger partial charge in [0.1, 0.15) is 0 Å². The van der Waals surface area contributed by atoms with Crippen LogP contribution >= 0.6 is 0 Å². The first-order valence-corrected chi connectivity index (χ1v) is 9.77. The molecule has 0 heterocycles. The molecule has 6 atom stereocenters. The van der Waals surface area contributed by atoms with E-state index in [1.165, 1.54) is 5.56 Å². The number of nitrogens with one attached hydrogen (secondary N) is 2. The lowest BCUT2D eigenvalue weighted by molar-refractivity contribution is -0.120. The summed E-state index contributed by atoms with van der Waals surface area (Å²) < 4.78 is 5.44. The molecule has 26 heavy (non-hydrogen) atoms. The Morgan fingerprint density at radius 2 is 2.12 bits per heavy atom. The summed E-state index contributed by atoms with van der Waals surface area (Å²) in [6.45, 7) is 3.86. The van der Waals surface area contributed by atoms with Gasteiger partial charge >= 0.3 is 0 Å². The normalized spacial score (nSPS) is 37.6. The molecule has 1 spiro atoms. The fourth-order valence-electron chi connectivity index (χ4n) is 6.65. The topological polar surface area (TPSA) is 70.6 Å². The Bertz CT molecular complexity index is 734. The molecule has 5 nitrogen and oxygen atoms in total. The van der Waals surface area contributed by atoms with Crippen molar-refractivity contribution in [1.82, 2.24) is 10.6 Å². The van der Waals surface area contributed by atoms with Crippen LogP contribution in [0.5, 0.6) is 11.5 Å². The SMILES string of the molecule is CNC1C2Cc3ccc(OC)c(O)c3[C@]3(C2)[C@H](C)C(NC(C)=O)CC[C@H]13. The molecule has 5 heteroatoms. The van der Waals surface area contributed by atoms with Crippen molar-refractivity contribution in [3.8, 4) is 11.5 Å². The van der Waals surface area contributed by atoms with Crippen molar-refractivity contribution >= 4 is 5.91 Å². The number of amides is 1. The molecular formula is C21H30N2O3.